The van der Waals surface area contributed by atoms with Gasteiger partial charge < -0.3 is 16.8 Å². The average molecular weight is 199 g/mol. The van der Waals surface area contributed by atoms with Crippen molar-refractivity contribution in [2.24, 2.45) is 11.5 Å². The third-order valence-electron chi connectivity index (χ3n) is 2.40. The molecule has 1 heterocycles. The zero-order chi connectivity index (χ0) is 10.8. The maximum absolute atomic E-state index is 11.2. The van der Waals surface area contributed by atoms with Gasteiger partial charge in [-0.25, -0.2) is 0 Å². The molecule has 3 amide bonds. The number of hydrogen-bond donors (Lipinski definition) is 3. The van der Waals surface area contributed by atoms with Crippen LogP contribution in [0.25, 0.3) is 0 Å². The van der Waals surface area contributed by atoms with E-state index in [9.17, 15) is 14.4 Å². The Balaban J connectivity index is 3.00. The quantitative estimate of drug-likeness (QED) is 0.464. The highest BCUT2D eigenvalue weighted by molar-refractivity contribution is 6.11. The molecule has 6 heteroatoms. The van der Waals surface area contributed by atoms with Crippen LogP contribution in [0.15, 0.2) is 0 Å². The van der Waals surface area contributed by atoms with Gasteiger partial charge in [0.15, 0.2) is 5.54 Å². The molecule has 1 aliphatic heterocycles. The highest BCUT2D eigenvalue weighted by Crippen LogP contribution is 2.19. The van der Waals surface area contributed by atoms with Crippen molar-refractivity contribution in [2.45, 2.75) is 31.2 Å². The lowest BCUT2D eigenvalue weighted by Gasteiger charge is -2.26. The van der Waals surface area contributed by atoms with Gasteiger partial charge in [-0.1, -0.05) is 0 Å². The molecule has 0 spiro atoms. The van der Waals surface area contributed by atoms with E-state index in [0.717, 1.165) is 0 Å². The molecule has 1 rings (SSSR count). The van der Waals surface area contributed by atoms with Gasteiger partial charge in [-0.15, -0.1) is 0 Å². The first-order valence-corrected chi connectivity index (χ1v) is 4.40. The van der Waals surface area contributed by atoms with E-state index in [2.05, 4.69) is 5.32 Å². The van der Waals surface area contributed by atoms with Gasteiger partial charge in [-0.05, 0) is 19.3 Å². The molecule has 0 unspecified atom stereocenters. The molecular weight excluding hydrogens is 186 g/mol. The fourth-order valence-corrected chi connectivity index (χ4v) is 1.53. The normalized spacial score (nSPS) is 20.7. The van der Waals surface area contributed by atoms with Crippen LogP contribution >= 0.6 is 0 Å². The van der Waals surface area contributed by atoms with E-state index in [1.54, 1.807) is 0 Å². The molecule has 0 bridgehead atoms. The number of primary amides is 2. The maximum atomic E-state index is 11.2. The van der Waals surface area contributed by atoms with E-state index in [0.29, 0.717) is 19.3 Å². The number of nitrogens with two attached hydrogens (primary N) is 2. The van der Waals surface area contributed by atoms with Gasteiger partial charge in [0.05, 0.1) is 0 Å². The van der Waals surface area contributed by atoms with Crippen LogP contribution in [0.4, 0.5) is 0 Å². The fourth-order valence-electron chi connectivity index (χ4n) is 1.53. The Bertz CT molecular complexity index is 274. The Morgan fingerprint density at radius 1 is 1.21 bits per heavy atom. The molecule has 1 fully saturated rings. The van der Waals surface area contributed by atoms with Crippen LogP contribution in [-0.2, 0) is 14.4 Å². The van der Waals surface area contributed by atoms with E-state index in [1.807, 2.05) is 0 Å². The van der Waals surface area contributed by atoms with Crippen molar-refractivity contribution in [3.63, 3.8) is 0 Å². The number of carbonyl (C=O) groups excluding carboxylic acids is 3. The Labute approximate surface area is 81.0 Å². The highest BCUT2D eigenvalue weighted by atomic mass is 16.2. The third kappa shape index (κ3) is 1.68. The molecule has 0 atom stereocenters. The Kier molecular flexibility index (Phi) is 2.73. The van der Waals surface area contributed by atoms with Gasteiger partial charge in [0.1, 0.15) is 0 Å². The molecule has 0 aromatic rings. The lowest BCUT2D eigenvalue weighted by molar-refractivity contribution is -0.139. The number of hydrogen-bond acceptors (Lipinski definition) is 3. The Morgan fingerprint density at radius 2 is 1.79 bits per heavy atom. The molecule has 1 saturated heterocycles. The second-order valence-corrected chi connectivity index (χ2v) is 3.39. The van der Waals surface area contributed by atoms with Crippen molar-refractivity contribution in [3.8, 4) is 0 Å². The average Bonchev–Trinajstić information content (AvgIpc) is 2.27. The van der Waals surface area contributed by atoms with Crippen LogP contribution in [0.3, 0.4) is 0 Å². The van der Waals surface area contributed by atoms with Crippen molar-refractivity contribution >= 4 is 17.7 Å². The molecule has 0 saturated carbocycles. The standard InChI is InChI=1S/C8H13N3O3/c9-6(13)8(7(10)14)4-2-1-3-5(12)11-8/h1-4H2,(H2,9,13)(H2,10,14)(H,11,12). The number of nitrogens with one attached hydrogen (secondary N) is 1. The van der Waals surface area contributed by atoms with Gasteiger partial charge in [0, 0.05) is 6.42 Å². The van der Waals surface area contributed by atoms with Gasteiger partial charge in [-0.3, -0.25) is 14.4 Å². The van der Waals surface area contributed by atoms with Crippen LogP contribution in [-0.4, -0.2) is 23.3 Å². The van der Waals surface area contributed by atoms with Crippen molar-refractivity contribution in [2.75, 3.05) is 0 Å². The number of amides is 3. The summed E-state index contributed by atoms with van der Waals surface area (Å²) in [7, 11) is 0. The summed E-state index contributed by atoms with van der Waals surface area (Å²) in [6.45, 7) is 0. The molecule has 0 radical (unpaired) electrons. The molecule has 1 aliphatic rings. The summed E-state index contributed by atoms with van der Waals surface area (Å²) in [6.07, 6.45) is 1.68. The molecule has 0 aromatic carbocycles. The third-order valence-corrected chi connectivity index (χ3v) is 2.40. The van der Waals surface area contributed by atoms with E-state index >= 15 is 0 Å². The van der Waals surface area contributed by atoms with Crippen molar-refractivity contribution < 1.29 is 14.4 Å². The van der Waals surface area contributed by atoms with Crippen molar-refractivity contribution in [3.05, 3.63) is 0 Å². The Morgan fingerprint density at radius 3 is 2.29 bits per heavy atom. The van der Waals surface area contributed by atoms with E-state index < -0.39 is 17.4 Å². The highest BCUT2D eigenvalue weighted by Gasteiger charge is 2.44. The molecular formula is C8H13N3O3. The maximum Gasteiger partial charge on any atom is 0.253 e. The van der Waals surface area contributed by atoms with Gasteiger partial charge in [0.25, 0.3) is 11.8 Å². The summed E-state index contributed by atoms with van der Waals surface area (Å²) >= 11 is 0. The number of rotatable bonds is 2. The van der Waals surface area contributed by atoms with Crippen molar-refractivity contribution in [1.82, 2.24) is 5.32 Å². The smallest absolute Gasteiger partial charge is 0.253 e. The van der Waals surface area contributed by atoms with Gasteiger partial charge in [-0.2, -0.15) is 0 Å². The van der Waals surface area contributed by atoms with E-state index in [-0.39, 0.29) is 12.3 Å². The zero-order valence-electron chi connectivity index (χ0n) is 7.71. The predicted octanol–water partition coefficient (Wildman–Crippen LogP) is -1.61. The second-order valence-electron chi connectivity index (χ2n) is 3.39. The summed E-state index contributed by atoms with van der Waals surface area (Å²) < 4.78 is 0. The van der Waals surface area contributed by atoms with Gasteiger partial charge in [0.2, 0.25) is 5.91 Å². The lowest BCUT2D eigenvalue weighted by Crippen LogP contribution is -2.64. The topological polar surface area (TPSA) is 115 Å². The number of carbonyl (C=O) groups is 3. The monoisotopic (exact) mass is 199 g/mol. The second kappa shape index (κ2) is 3.65. The lowest BCUT2D eigenvalue weighted by atomic mass is 9.92. The molecule has 0 aromatic heterocycles. The largest absolute Gasteiger partial charge is 0.367 e. The first kappa shape index (κ1) is 10.5. The van der Waals surface area contributed by atoms with Crippen LogP contribution < -0.4 is 16.8 Å². The van der Waals surface area contributed by atoms with E-state index in [4.69, 9.17) is 11.5 Å². The molecule has 6 nitrogen and oxygen atoms in total. The first-order chi connectivity index (χ1) is 6.49. The first-order valence-electron chi connectivity index (χ1n) is 4.40. The molecule has 0 aliphatic carbocycles. The van der Waals surface area contributed by atoms with Crippen LogP contribution in [0.5, 0.6) is 0 Å². The zero-order valence-corrected chi connectivity index (χ0v) is 7.71. The van der Waals surface area contributed by atoms with Gasteiger partial charge >= 0.3 is 0 Å². The summed E-state index contributed by atoms with van der Waals surface area (Å²) in [6, 6.07) is 0. The SMILES string of the molecule is NC(=O)C1(C(N)=O)CCCCC(=O)N1. The molecule has 78 valence electrons. The molecule has 5 N–H and O–H groups in total. The molecule has 14 heavy (non-hydrogen) atoms. The fraction of sp³-hybridized carbons (Fsp3) is 0.625. The van der Waals surface area contributed by atoms with Crippen LogP contribution in [0.1, 0.15) is 25.7 Å². The van der Waals surface area contributed by atoms with Crippen molar-refractivity contribution in [1.29, 1.82) is 0 Å². The van der Waals surface area contributed by atoms with E-state index in [1.165, 1.54) is 0 Å². The summed E-state index contributed by atoms with van der Waals surface area (Å²) in [4.78, 5) is 33.4. The predicted molar refractivity (Wildman–Crippen MR) is 47.7 cm³/mol. The van der Waals surface area contributed by atoms with Crippen LogP contribution in [0, 0.1) is 0 Å². The van der Waals surface area contributed by atoms with Crippen LogP contribution in [0.2, 0.25) is 0 Å². The Hall–Kier alpha value is -1.59. The summed E-state index contributed by atoms with van der Waals surface area (Å²) in [5, 5.41) is 2.30. The summed E-state index contributed by atoms with van der Waals surface area (Å²) in [5.74, 6) is -2.14. The minimum atomic E-state index is -1.69. The minimum absolute atomic E-state index is 0.184. The summed E-state index contributed by atoms with van der Waals surface area (Å²) in [5.41, 5.74) is 8.47. The minimum Gasteiger partial charge on any atom is -0.367 e.